The molecule has 5 nitrogen and oxygen atoms in total. The molecule has 0 fully saturated rings. The lowest BCUT2D eigenvalue weighted by Gasteiger charge is -2.04. The van der Waals surface area contributed by atoms with E-state index in [0.717, 1.165) is 16.8 Å². The lowest BCUT2D eigenvalue weighted by Crippen LogP contribution is -2.14. The molecule has 0 radical (unpaired) electrons. The quantitative estimate of drug-likeness (QED) is 0.814. The van der Waals surface area contributed by atoms with E-state index in [4.69, 9.17) is 10.2 Å². The van der Waals surface area contributed by atoms with Gasteiger partial charge in [-0.1, -0.05) is 12.1 Å². The van der Waals surface area contributed by atoms with E-state index in [-0.39, 0.29) is 12.4 Å². The highest BCUT2D eigenvalue weighted by atomic mass is 16.4. The van der Waals surface area contributed by atoms with Crippen LogP contribution in [0.1, 0.15) is 17.0 Å². The molecule has 2 N–H and O–H groups in total. The van der Waals surface area contributed by atoms with Crippen molar-refractivity contribution in [1.82, 2.24) is 9.78 Å². The van der Waals surface area contributed by atoms with Gasteiger partial charge in [-0.25, -0.2) is 4.79 Å². The van der Waals surface area contributed by atoms with E-state index in [9.17, 15) is 4.79 Å². The maximum atomic E-state index is 11.5. The Kier molecular flexibility index (Phi) is 2.62. The minimum atomic E-state index is -0.505. The first-order valence-electron chi connectivity index (χ1n) is 4.98. The van der Waals surface area contributed by atoms with Crippen LogP contribution in [0, 0.1) is 13.8 Å². The Labute approximate surface area is 92.5 Å². The van der Waals surface area contributed by atoms with E-state index < -0.39 is 5.76 Å². The van der Waals surface area contributed by atoms with E-state index in [1.807, 2.05) is 32.0 Å². The molecule has 1 heterocycles. The molecule has 0 amide bonds. The standard InChI is InChI=1S/C11H13N3O2/c1-7-3-4-8(2)9(5-7)14-11(15)16-10(6-12)13-14/h3-5H,6,12H2,1-2H3. The van der Waals surface area contributed by atoms with Crippen LogP contribution < -0.4 is 11.5 Å². The van der Waals surface area contributed by atoms with E-state index in [1.165, 1.54) is 4.68 Å². The molecule has 1 aromatic carbocycles. The van der Waals surface area contributed by atoms with Crippen molar-refractivity contribution in [3.8, 4) is 5.69 Å². The fourth-order valence-corrected chi connectivity index (χ4v) is 1.50. The van der Waals surface area contributed by atoms with Gasteiger partial charge in [-0.2, -0.15) is 4.68 Å². The summed E-state index contributed by atoms with van der Waals surface area (Å²) in [6.45, 7) is 3.99. The van der Waals surface area contributed by atoms with Gasteiger partial charge in [0, 0.05) is 0 Å². The van der Waals surface area contributed by atoms with Gasteiger partial charge in [-0.15, -0.1) is 5.10 Å². The highest BCUT2D eigenvalue weighted by molar-refractivity contribution is 5.41. The van der Waals surface area contributed by atoms with Gasteiger partial charge < -0.3 is 10.2 Å². The Morgan fingerprint density at radius 3 is 2.81 bits per heavy atom. The summed E-state index contributed by atoms with van der Waals surface area (Å²) < 4.78 is 6.12. The van der Waals surface area contributed by atoms with Gasteiger partial charge in [0.25, 0.3) is 0 Å². The number of nitrogens with two attached hydrogens (primary N) is 1. The predicted molar refractivity (Wildman–Crippen MR) is 59.5 cm³/mol. The van der Waals surface area contributed by atoms with Gasteiger partial charge in [-0.3, -0.25) is 0 Å². The summed E-state index contributed by atoms with van der Waals surface area (Å²) >= 11 is 0. The molecule has 0 bridgehead atoms. The first-order chi connectivity index (χ1) is 7.61. The van der Waals surface area contributed by atoms with Crippen molar-refractivity contribution in [1.29, 1.82) is 0 Å². The number of aryl methyl sites for hydroxylation is 2. The molecule has 0 aliphatic heterocycles. The lowest BCUT2D eigenvalue weighted by molar-refractivity contribution is 0.460. The van der Waals surface area contributed by atoms with Crippen LogP contribution in [-0.4, -0.2) is 9.78 Å². The van der Waals surface area contributed by atoms with Crippen molar-refractivity contribution in [3.63, 3.8) is 0 Å². The minimum Gasteiger partial charge on any atom is -0.391 e. The summed E-state index contributed by atoms with van der Waals surface area (Å²) in [5, 5.41) is 4.01. The molecular weight excluding hydrogens is 206 g/mol. The summed E-state index contributed by atoms with van der Waals surface area (Å²) in [6, 6.07) is 5.81. The van der Waals surface area contributed by atoms with E-state index in [0.29, 0.717) is 0 Å². The molecule has 0 saturated heterocycles. The van der Waals surface area contributed by atoms with Gasteiger partial charge in [0.15, 0.2) is 0 Å². The molecule has 0 aliphatic carbocycles. The fraction of sp³-hybridized carbons (Fsp3) is 0.273. The molecule has 0 unspecified atom stereocenters. The van der Waals surface area contributed by atoms with Crippen molar-refractivity contribution >= 4 is 0 Å². The third-order valence-electron chi connectivity index (χ3n) is 2.36. The van der Waals surface area contributed by atoms with Gasteiger partial charge in [0.05, 0.1) is 12.2 Å². The van der Waals surface area contributed by atoms with Crippen LogP contribution in [0.15, 0.2) is 27.4 Å². The van der Waals surface area contributed by atoms with Crippen molar-refractivity contribution < 1.29 is 4.42 Å². The number of rotatable bonds is 2. The van der Waals surface area contributed by atoms with Crippen LogP contribution >= 0.6 is 0 Å². The van der Waals surface area contributed by atoms with Gasteiger partial charge in [0.2, 0.25) is 5.89 Å². The average Bonchev–Trinajstić information content (AvgIpc) is 2.63. The SMILES string of the molecule is Cc1ccc(C)c(-n2nc(CN)oc2=O)c1. The van der Waals surface area contributed by atoms with Gasteiger partial charge >= 0.3 is 5.76 Å². The number of hydrogen-bond acceptors (Lipinski definition) is 4. The molecule has 2 rings (SSSR count). The second-order valence-electron chi connectivity index (χ2n) is 3.67. The third-order valence-corrected chi connectivity index (χ3v) is 2.36. The molecule has 0 spiro atoms. The van der Waals surface area contributed by atoms with Crippen LogP contribution in [0.5, 0.6) is 0 Å². The maximum absolute atomic E-state index is 11.5. The van der Waals surface area contributed by atoms with E-state index in [1.54, 1.807) is 0 Å². The van der Waals surface area contributed by atoms with Crippen LogP contribution in [0.25, 0.3) is 5.69 Å². The number of nitrogens with zero attached hydrogens (tertiary/aromatic N) is 2. The van der Waals surface area contributed by atoms with Crippen LogP contribution in [0.4, 0.5) is 0 Å². The summed E-state index contributed by atoms with van der Waals surface area (Å²) in [5.74, 6) is -0.264. The molecule has 0 atom stereocenters. The zero-order chi connectivity index (χ0) is 11.7. The molecule has 0 saturated carbocycles. The Balaban J connectivity index is 2.62. The summed E-state index contributed by atoms with van der Waals surface area (Å²) in [5.41, 5.74) is 8.12. The molecule has 0 aliphatic rings. The highest BCUT2D eigenvalue weighted by Gasteiger charge is 2.10. The molecular formula is C11H13N3O2. The Morgan fingerprint density at radius 1 is 1.44 bits per heavy atom. The van der Waals surface area contributed by atoms with Crippen molar-refractivity contribution in [2.24, 2.45) is 5.73 Å². The molecule has 5 heteroatoms. The lowest BCUT2D eigenvalue weighted by atomic mass is 10.1. The second kappa shape index (κ2) is 3.94. The Bertz CT molecular complexity index is 569. The topological polar surface area (TPSA) is 74.1 Å². The summed E-state index contributed by atoms with van der Waals surface area (Å²) in [7, 11) is 0. The van der Waals surface area contributed by atoms with Crippen LogP contribution in [0.3, 0.4) is 0 Å². The Hall–Kier alpha value is -1.88. The molecule has 16 heavy (non-hydrogen) atoms. The van der Waals surface area contributed by atoms with Crippen LogP contribution in [0.2, 0.25) is 0 Å². The van der Waals surface area contributed by atoms with Crippen molar-refractivity contribution in [2.45, 2.75) is 20.4 Å². The summed E-state index contributed by atoms with van der Waals surface area (Å²) in [6.07, 6.45) is 0. The first-order valence-corrected chi connectivity index (χ1v) is 4.98. The number of aromatic nitrogens is 2. The zero-order valence-electron chi connectivity index (χ0n) is 9.23. The Morgan fingerprint density at radius 2 is 2.19 bits per heavy atom. The fourth-order valence-electron chi connectivity index (χ4n) is 1.50. The predicted octanol–water partition coefficient (Wildman–Crippen LogP) is 0.901. The zero-order valence-corrected chi connectivity index (χ0v) is 9.23. The normalized spacial score (nSPS) is 10.7. The maximum Gasteiger partial charge on any atom is 0.442 e. The van der Waals surface area contributed by atoms with Crippen LogP contribution in [-0.2, 0) is 6.54 Å². The van der Waals surface area contributed by atoms with E-state index in [2.05, 4.69) is 5.10 Å². The smallest absolute Gasteiger partial charge is 0.391 e. The minimum absolute atomic E-state index is 0.118. The first kappa shape index (κ1) is 10.6. The second-order valence-corrected chi connectivity index (χ2v) is 3.67. The van der Waals surface area contributed by atoms with Gasteiger partial charge in [0.1, 0.15) is 0 Å². The average molecular weight is 219 g/mol. The molecule has 1 aromatic heterocycles. The molecule has 2 aromatic rings. The number of benzene rings is 1. The van der Waals surface area contributed by atoms with Crippen molar-refractivity contribution in [3.05, 3.63) is 45.8 Å². The summed E-state index contributed by atoms with van der Waals surface area (Å²) in [4.78, 5) is 11.5. The van der Waals surface area contributed by atoms with Gasteiger partial charge in [-0.05, 0) is 31.0 Å². The molecule has 84 valence electrons. The van der Waals surface area contributed by atoms with E-state index >= 15 is 0 Å². The largest absolute Gasteiger partial charge is 0.442 e. The third kappa shape index (κ3) is 1.77. The monoisotopic (exact) mass is 219 g/mol. The number of hydrogen-bond donors (Lipinski definition) is 1. The highest BCUT2D eigenvalue weighted by Crippen LogP contribution is 2.13. The van der Waals surface area contributed by atoms with Crippen molar-refractivity contribution in [2.75, 3.05) is 0 Å².